The number of rotatable bonds is 9. The zero-order valence-electron chi connectivity index (χ0n) is 13.5. The van der Waals surface area contributed by atoms with E-state index in [4.69, 9.17) is 5.11 Å². The van der Waals surface area contributed by atoms with Crippen LogP contribution < -0.4 is 10.1 Å². The molecule has 10 heteroatoms. The molecule has 1 aromatic carbocycles. The first-order valence-corrected chi connectivity index (χ1v) is 7.11. The minimum atomic E-state index is -4.41. The topological polar surface area (TPSA) is 78.9 Å². The Balaban J connectivity index is 0.00000576. The van der Waals surface area contributed by atoms with E-state index >= 15 is 0 Å². The van der Waals surface area contributed by atoms with Crippen LogP contribution in [0.3, 0.4) is 0 Å². The number of nitrogens with zero attached hydrogens (tertiary/aromatic N) is 1. The maximum atomic E-state index is 12.1. The number of carbonyl (C=O) groups is 2. The largest absolute Gasteiger partial charge is 0.484 e. The van der Waals surface area contributed by atoms with Crippen LogP contribution in [0, 0.1) is 0 Å². The van der Waals surface area contributed by atoms with E-state index < -0.39 is 18.8 Å². The van der Waals surface area contributed by atoms with Gasteiger partial charge < -0.3 is 15.2 Å². The average Bonchev–Trinajstić information content (AvgIpc) is 2.49. The number of aliphatic carboxylic acids is 1. The number of ether oxygens (including phenoxy) is 1. The molecule has 1 aromatic rings. The van der Waals surface area contributed by atoms with Crippen molar-refractivity contribution in [2.75, 3.05) is 26.7 Å². The molecule has 0 spiro atoms. The molecule has 25 heavy (non-hydrogen) atoms. The molecule has 0 saturated carbocycles. The van der Waals surface area contributed by atoms with Crippen LogP contribution in [0.4, 0.5) is 13.2 Å². The number of benzene rings is 1. The van der Waals surface area contributed by atoms with E-state index in [0.717, 1.165) is 0 Å². The molecule has 0 atom stereocenters. The number of amides is 1. The van der Waals surface area contributed by atoms with Crippen LogP contribution in [-0.4, -0.2) is 54.8 Å². The Bertz CT molecular complexity index is 570. The molecule has 0 bridgehead atoms. The van der Waals surface area contributed by atoms with Gasteiger partial charge >= 0.3 is 12.1 Å². The van der Waals surface area contributed by atoms with Crippen LogP contribution in [-0.2, 0) is 16.1 Å². The standard InChI is InChI=1S/C15H19F3N2O4.ClH/c1-20(6-5-14(22)23)9-13(21)19-8-11-3-2-4-12(7-11)24-10-15(16,17)18;/h2-4,7H,5-6,8-10H2,1H3,(H,19,21)(H,22,23);1H. The maximum Gasteiger partial charge on any atom is 0.422 e. The Morgan fingerprint density at radius 2 is 2.00 bits per heavy atom. The lowest BCUT2D eigenvalue weighted by atomic mass is 10.2. The second-order valence-corrected chi connectivity index (χ2v) is 5.21. The predicted molar refractivity (Wildman–Crippen MR) is 86.8 cm³/mol. The number of carboxylic acid groups (broad SMARTS) is 1. The molecule has 0 aromatic heterocycles. The Morgan fingerprint density at radius 3 is 2.60 bits per heavy atom. The second-order valence-electron chi connectivity index (χ2n) is 5.21. The smallest absolute Gasteiger partial charge is 0.422 e. The Morgan fingerprint density at radius 1 is 1.32 bits per heavy atom. The van der Waals surface area contributed by atoms with Gasteiger partial charge in [0.15, 0.2) is 6.61 Å². The van der Waals surface area contributed by atoms with E-state index in [9.17, 15) is 22.8 Å². The fourth-order valence-electron chi connectivity index (χ4n) is 1.78. The molecule has 0 heterocycles. The van der Waals surface area contributed by atoms with Gasteiger partial charge in [0, 0.05) is 13.1 Å². The van der Waals surface area contributed by atoms with Crippen molar-refractivity contribution < 1.29 is 32.6 Å². The lowest BCUT2D eigenvalue weighted by molar-refractivity contribution is -0.153. The van der Waals surface area contributed by atoms with E-state index in [-0.39, 0.29) is 50.1 Å². The summed E-state index contributed by atoms with van der Waals surface area (Å²) in [5, 5.41) is 11.2. The summed E-state index contributed by atoms with van der Waals surface area (Å²) in [5.41, 5.74) is 0.594. The first-order chi connectivity index (χ1) is 11.2. The number of carbonyl (C=O) groups excluding carboxylic acids is 1. The summed E-state index contributed by atoms with van der Waals surface area (Å²) >= 11 is 0. The molecule has 0 aliphatic rings. The number of carboxylic acids is 1. The Labute approximate surface area is 149 Å². The molecule has 0 radical (unpaired) electrons. The summed E-state index contributed by atoms with van der Waals surface area (Å²) in [6.45, 7) is -0.979. The SMILES string of the molecule is CN(CCC(=O)O)CC(=O)NCc1cccc(OCC(F)(F)F)c1.Cl. The fraction of sp³-hybridized carbons (Fsp3) is 0.467. The average molecular weight is 385 g/mol. The molecule has 0 unspecified atom stereocenters. The lowest BCUT2D eigenvalue weighted by Gasteiger charge is -2.15. The van der Waals surface area contributed by atoms with Crippen molar-refractivity contribution >= 4 is 24.3 Å². The number of hydrogen-bond donors (Lipinski definition) is 2. The van der Waals surface area contributed by atoms with Crippen molar-refractivity contribution in [1.29, 1.82) is 0 Å². The third-order valence-electron chi connectivity index (χ3n) is 2.91. The van der Waals surface area contributed by atoms with Gasteiger partial charge in [-0.2, -0.15) is 13.2 Å². The van der Waals surface area contributed by atoms with Crippen molar-refractivity contribution in [3.05, 3.63) is 29.8 Å². The van der Waals surface area contributed by atoms with Gasteiger partial charge in [0.25, 0.3) is 0 Å². The summed E-state index contributed by atoms with van der Waals surface area (Å²) in [6.07, 6.45) is -4.48. The minimum absolute atomic E-state index is 0. The summed E-state index contributed by atoms with van der Waals surface area (Å²) in [5.74, 6) is -1.19. The monoisotopic (exact) mass is 384 g/mol. The van der Waals surface area contributed by atoms with E-state index in [1.54, 1.807) is 18.0 Å². The van der Waals surface area contributed by atoms with Crippen LogP contribution in [0.25, 0.3) is 0 Å². The summed E-state index contributed by atoms with van der Waals surface area (Å²) in [7, 11) is 1.62. The van der Waals surface area contributed by atoms with Crippen LogP contribution >= 0.6 is 12.4 Å². The normalized spacial score (nSPS) is 10.9. The first kappa shape index (κ1) is 23.0. The lowest BCUT2D eigenvalue weighted by Crippen LogP contribution is -2.35. The van der Waals surface area contributed by atoms with Crippen LogP contribution in [0.2, 0.25) is 0 Å². The zero-order chi connectivity index (χ0) is 18.2. The van der Waals surface area contributed by atoms with Gasteiger partial charge in [0.05, 0.1) is 13.0 Å². The van der Waals surface area contributed by atoms with Gasteiger partial charge in [-0.15, -0.1) is 12.4 Å². The molecule has 6 nitrogen and oxygen atoms in total. The fourth-order valence-corrected chi connectivity index (χ4v) is 1.78. The highest BCUT2D eigenvalue weighted by molar-refractivity contribution is 5.85. The number of halogens is 4. The van der Waals surface area contributed by atoms with Gasteiger partial charge in [0.1, 0.15) is 5.75 Å². The molecule has 1 rings (SSSR count). The maximum absolute atomic E-state index is 12.1. The molecule has 0 fully saturated rings. The number of likely N-dealkylation sites (N-methyl/N-ethyl adjacent to an activating group) is 1. The minimum Gasteiger partial charge on any atom is -0.484 e. The van der Waals surface area contributed by atoms with Gasteiger partial charge in [-0.1, -0.05) is 12.1 Å². The third-order valence-corrected chi connectivity index (χ3v) is 2.91. The van der Waals surface area contributed by atoms with E-state index in [2.05, 4.69) is 10.1 Å². The van der Waals surface area contributed by atoms with E-state index in [0.29, 0.717) is 5.56 Å². The highest BCUT2D eigenvalue weighted by Gasteiger charge is 2.28. The quantitative estimate of drug-likeness (QED) is 0.681. The first-order valence-electron chi connectivity index (χ1n) is 7.11. The van der Waals surface area contributed by atoms with Crippen LogP contribution in [0.1, 0.15) is 12.0 Å². The Hall–Kier alpha value is -2.00. The molecule has 0 saturated heterocycles. The van der Waals surface area contributed by atoms with Crippen molar-refractivity contribution in [2.45, 2.75) is 19.1 Å². The van der Waals surface area contributed by atoms with Gasteiger partial charge in [0.2, 0.25) is 5.91 Å². The highest BCUT2D eigenvalue weighted by Crippen LogP contribution is 2.19. The van der Waals surface area contributed by atoms with Crippen LogP contribution in [0.5, 0.6) is 5.75 Å². The van der Waals surface area contributed by atoms with Crippen molar-refractivity contribution in [2.24, 2.45) is 0 Å². The second kappa shape index (κ2) is 10.8. The summed E-state index contributed by atoms with van der Waals surface area (Å²) < 4.78 is 41.0. The molecule has 0 aliphatic heterocycles. The molecular weight excluding hydrogens is 365 g/mol. The molecule has 142 valence electrons. The van der Waals surface area contributed by atoms with Gasteiger partial charge in [-0.3, -0.25) is 14.5 Å². The van der Waals surface area contributed by atoms with Crippen molar-refractivity contribution in [1.82, 2.24) is 10.2 Å². The van der Waals surface area contributed by atoms with Crippen molar-refractivity contribution in [3.63, 3.8) is 0 Å². The highest BCUT2D eigenvalue weighted by atomic mass is 35.5. The van der Waals surface area contributed by atoms with Gasteiger partial charge in [-0.25, -0.2) is 0 Å². The van der Waals surface area contributed by atoms with E-state index in [1.165, 1.54) is 18.2 Å². The molecular formula is C15H20ClF3N2O4. The number of alkyl halides is 3. The zero-order valence-corrected chi connectivity index (χ0v) is 14.3. The predicted octanol–water partition coefficient (Wildman–Crippen LogP) is 2.07. The Kier molecular flexibility index (Phi) is 9.92. The third kappa shape index (κ3) is 11.2. The number of hydrogen-bond acceptors (Lipinski definition) is 4. The molecule has 2 N–H and O–H groups in total. The molecule has 0 aliphatic carbocycles. The number of nitrogens with one attached hydrogen (secondary N) is 1. The summed E-state index contributed by atoms with van der Waals surface area (Å²) in [6, 6.07) is 6.00. The van der Waals surface area contributed by atoms with Crippen molar-refractivity contribution in [3.8, 4) is 5.75 Å². The summed E-state index contributed by atoms with van der Waals surface area (Å²) in [4.78, 5) is 23.7. The van der Waals surface area contributed by atoms with Crippen LogP contribution in [0.15, 0.2) is 24.3 Å². The molecule has 1 amide bonds. The van der Waals surface area contributed by atoms with Gasteiger partial charge in [-0.05, 0) is 24.7 Å². The van der Waals surface area contributed by atoms with E-state index in [1.807, 2.05) is 0 Å².